The number of nitrogens with one attached hydrogen (secondary N) is 1. The van der Waals surface area contributed by atoms with Crippen molar-refractivity contribution < 1.29 is 4.39 Å². The van der Waals surface area contributed by atoms with Gasteiger partial charge in [0.25, 0.3) is 0 Å². The van der Waals surface area contributed by atoms with E-state index in [2.05, 4.69) is 48.9 Å². The van der Waals surface area contributed by atoms with E-state index in [4.69, 9.17) is 0 Å². The Labute approximate surface area is 112 Å². The van der Waals surface area contributed by atoms with Crippen LogP contribution in [0.15, 0.2) is 22.7 Å². The molecule has 1 aromatic carbocycles. The summed E-state index contributed by atoms with van der Waals surface area (Å²) in [4.78, 5) is 0. The lowest BCUT2D eigenvalue weighted by Crippen LogP contribution is -2.33. The average molecular weight is 302 g/mol. The van der Waals surface area contributed by atoms with E-state index in [-0.39, 0.29) is 17.3 Å². The average Bonchev–Trinajstić information content (AvgIpc) is 2.22. The van der Waals surface area contributed by atoms with Crippen LogP contribution >= 0.6 is 15.9 Å². The van der Waals surface area contributed by atoms with E-state index in [1.54, 1.807) is 6.07 Å². The molecule has 0 radical (unpaired) electrons. The smallest absolute Gasteiger partial charge is 0.142 e. The molecule has 17 heavy (non-hydrogen) atoms. The molecule has 0 aliphatic heterocycles. The van der Waals surface area contributed by atoms with Crippen LogP contribution in [0, 0.1) is 11.2 Å². The van der Waals surface area contributed by atoms with E-state index in [1.807, 2.05) is 12.1 Å². The standard InChI is InChI=1S/C14H21BrFN/c1-5-9-17-13(14(2,3)4)10-7-6-8-11(15)12(10)16/h6-8,13,17H,5,9H2,1-4H3. The van der Waals surface area contributed by atoms with Crippen molar-refractivity contribution in [3.05, 3.63) is 34.1 Å². The Morgan fingerprint density at radius 2 is 2.00 bits per heavy atom. The van der Waals surface area contributed by atoms with Gasteiger partial charge in [0.1, 0.15) is 5.82 Å². The van der Waals surface area contributed by atoms with E-state index in [1.165, 1.54) is 0 Å². The van der Waals surface area contributed by atoms with Gasteiger partial charge in [0.05, 0.1) is 4.47 Å². The zero-order valence-electron chi connectivity index (χ0n) is 11.0. The second kappa shape index (κ2) is 5.96. The molecule has 0 aromatic heterocycles. The molecular weight excluding hydrogens is 281 g/mol. The first-order chi connectivity index (χ1) is 7.88. The van der Waals surface area contributed by atoms with Crippen LogP contribution in [0.3, 0.4) is 0 Å². The summed E-state index contributed by atoms with van der Waals surface area (Å²) in [5.41, 5.74) is 0.719. The molecular formula is C14H21BrFN. The molecule has 1 aromatic rings. The Hall–Kier alpha value is -0.410. The third-order valence-electron chi connectivity index (χ3n) is 2.76. The molecule has 0 spiro atoms. The fourth-order valence-corrected chi connectivity index (χ4v) is 2.30. The van der Waals surface area contributed by atoms with E-state index >= 15 is 0 Å². The second-order valence-electron chi connectivity index (χ2n) is 5.40. The molecule has 0 aliphatic rings. The third kappa shape index (κ3) is 3.78. The lowest BCUT2D eigenvalue weighted by atomic mass is 9.82. The molecule has 0 heterocycles. The van der Waals surface area contributed by atoms with E-state index < -0.39 is 0 Å². The molecule has 96 valence electrons. The molecule has 1 N–H and O–H groups in total. The molecule has 1 unspecified atom stereocenters. The van der Waals surface area contributed by atoms with Crippen molar-refractivity contribution in [1.82, 2.24) is 5.32 Å². The van der Waals surface area contributed by atoms with Crippen LogP contribution in [-0.4, -0.2) is 6.54 Å². The Balaban J connectivity index is 3.09. The lowest BCUT2D eigenvalue weighted by molar-refractivity contribution is 0.266. The highest BCUT2D eigenvalue weighted by molar-refractivity contribution is 9.10. The van der Waals surface area contributed by atoms with E-state index in [9.17, 15) is 4.39 Å². The van der Waals surface area contributed by atoms with Crippen molar-refractivity contribution in [2.45, 2.75) is 40.2 Å². The van der Waals surface area contributed by atoms with Gasteiger partial charge in [-0.25, -0.2) is 4.39 Å². The fourth-order valence-electron chi connectivity index (χ4n) is 1.91. The van der Waals surface area contributed by atoms with Crippen molar-refractivity contribution >= 4 is 15.9 Å². The summed E-state index contributed by atoms with van der Waals surface area (Å²) >= 11 is 3.25. The molecule has 0 amide bonds. The van der Waals surface area contributed by atoms with Gasteiger partial charge in [-0.05, 0) is 40.4 Å². The van der Waals surface area contributed by atoms with E-state index in [0.29, 0.717) is 4.47 Å². The highest BCUT2D eigenvalue weighted by Gasteiger charge is 2.28. The van der Waals surface area contributed by atoms with Gasteiger partial charge in [0.15, 0.2) is 0 Å². The van der Waals surface area contributed by atoms with Crippen LogP contribution in [0.5, 0.6) is 0 Å². The maximum atomic E-state index is 14.1. The maximum absolute atomic E-state index is 14.1. The largest absolute Gasteiger partial charge is 0.309 e. The maximum Gasteiger partial charge on any atom is 0.142 e. The Morgan fingerprint density at radius 1 is 1.35 bits per heavy atom. The predicted octanol–water partition coefficient (Wildman–Crippen LogP) is 4.68. The Bertz CT molecular complexity index is 371. The van der Waals surface area contributed by atoms with Gasteiger partial charge in [-0.3, -0.25) is 0 Å². The molecule has 3 heteroatoms. The topological polar surface area (TPSA) is 12.0 Å². The van der Waals surface area contributed by atoms with Crippen LogP contribution in [0.1, 0.15) is 45.7 Å². The van der Waals surface area contributed by atoms with E-state index in [0.717, 1.165) is 18.5 Å². The Morgan fingerprint density at radius 3 is 2.53 bits per heavy atom. The summed E-state index contributed by atoms with van der Waals surface area (Å²) < 4.78 is 14.7. The Kier molecular flexibility index (Phi) is 5.14. The minimum absolute atomic E-state index is 0.0171. The monoisotopic (exact) mass is 301 g/mol. The van der Waals surface area contributed by atoms with Gasteiger partial charge in [-0.2, -0.15) is 0 Å². The number of halogens is 2. The first kappa shape index (κ1) is 14.7. The van der Waals surface area contributed by atoms with Crippen molar-refractivity contribution in [3.8, 4) is 0 Å². The van der Waals surface area contributed by atoms with Crippen molar-refractivity contribution in [2.24, 2.45) is 5.41 Å². The fraction of sp³-hybridized carbons (Fsp3) is 0.571. The van der Waals surface area contributed by atoms with Crippen LogP contribution in [0.2, 0.25) is 0 Å². The van der Waals surface area contributed by atoms with Gasteiger partial charge < -0.3 is 5.32 Å². The minimum Gasteiger partial charge on any atom is -0.309 e. The predicted molar refractivity (Wildman–Crippen MR) is 74.6 cm³/mol. The second-order valence-corrected chi connectivity index (χ2v) is 6.25. The molecule has 1 rings (SSSR count). The molecule has 1 atom stereocenters. The van der Waals surface area contributed by atoms with Crippen molar-refractivity contribution in [2.75, 3.05) is 6.54 Å². The first-order valence-electron chi connectivity index (χ1n) is 6.05. The van der Waals surface area contributed by atoms with Crippen LogP contribution in [0.25, 0.3) is 0 Å². The van der Waals surface area contributed by atoms with Crippen LogP contribution in [-0.2, 0) is 0 Å². The molecule has 0 saturated heterocycles. The quantitative estimate of drug-likeness (QED) is 0.852. The summed E-state index contributed by atoms with van der Waals surface area (Å²) in [6.45, 7) is 9.39. The zero-order valence-corrected chi connectivity index (χ0v) is 12.6. The minimum atomic E-state index is -0.156. The number of benzene rings is 1. The summed E-state index contributed by atoms with van der Waals surface area (Å²) in [6, 6.07) is 5.51. The van der Waals surface area contributed by atoms with Crippen molar-refractivity contribution in [1.29, 1.82) is 0 Å². The van der Waals surface area contributed by atoms with Crippen molar-refractivity contribution in [3.63, 3.8) is 0 Å². The molecule has 1 nitrogen and oxygen atoms in total. The zero-order chi connectivity index (χ0) is 13.1. The number of hydrogen-bond acceptors (Lipinski definition) is 1. The van der Waals surface area contributed by atoms with Crippen LogP contribution < -0.4 is 5.32 Å². The van der Waals surface area contributed by atoms with Gasteiger partial charge in [-0.15, -0.1) is 0 Å². The van der Waals surface area contributed by atoms with Gasteiger partial charge in [-0.1, -0.05) is 39.8 Å². The normalized spacial score (nSPS) is 13.8. The lowest BCUT2D eigenvalue weighted by Gasteiger charge is -2.32. The highest BCUT2D eigenvalue weighted by atomic mass is 79.9. The number of rotatable bonds is 4. The summed E-state index contributed by atoms with van der Waals surface area (Å²) in [6.07, 6.45) is 1.04. The van der Waals surface area contributed by atoms with Gasteiger partial charge in [0.2, 0.25) is 0 Å². The third-order valence-corrected chi connectivity index (χ3v) is 3.37. The summed E-state index contributed by atoms with van der Waals surface area (Å²) in [5, 5.41) is 3.43. The first-order valence-corrected chi connectivity index (χ1v) is 6.84. The molecule has 0 bridgehead atoms. The van der Waals surface area contributed by atoms with Gasteiger partial charge in [0, 0.05) is 11.6 Å². The SMILES string of the molecule is CCCNC(c1cccc(Br)c1F)C(C)(C)C. The number of hydrogen-bond donors (Lipinski definition) is 1. The highest BCUT2D eigenvalue weighted by Crippen LogP contribution is 2.35. The summed E-state index contributed by atoms with van der Waals surface area (Å²) in [7, 11) is 0. The summed E-state index contributed by atoms with van der Waals surface area (Å²) in [5.74, 6) is -0.156. The molecule has 0 aliphatic carbocycles. The van der Waals surface area contributed by atoms with Gasteiger partial charge >= 0.3 is 0 Å². The molecule has 0 saturated carbocycles. The molecule has 0 fully saturated rings. The van der Waals surface area contributed by atoms with Crippen LogP contribution in [0.4, 0.5) is 4.39 Å².